The van der Waals surface area contributed by atoms with Crippen molar-refractivity contribution < 1.29 is 9.53 Å². The number of nitrogens with two attached hydrogens (primary N) is 1. The van der Waals surface area contributed by atoms with E-state index in [1.165, 1.54) is 37.3 Å². The molecule has 1 aromatic rings. The van der Waals surface area contributed by atoms with E-state index in [4.69, 9.17) is 10.5 Å². The Bertz CT molecular complexity index is 527. The van der Waals surface area contributed by atoms with E-state index in [0.29, 0.717) is 18.4 Å². The summed E-state index contributed by atoms with van der Waals surface area (Å²) in [4.78, 5) is 11.4. The molecule has 1 saturated carbocycles. The van der Waals surface area contributed by atoms with Crippen LogP contribution in [0.25, 0.3) is 0 Å². The first-order chi connectivity index (χ1) is 10.3. The maximum Gasteiger partial charge on any atom is 0.308 e. The lowest BCUT2D eigenvalue weighted by molar-refractivity contribution is -0.131. The van der Waals surface area contributed by atoms with Crippen molar-refractivity contribution in [2.24, 2.45) is 11.1 Å². The van der Waals surface area contributed by atoms with Crippen LogP contribution in [-0.2, 0) is 4.79 Å². The second-order valence-electron chi connectivity index (χ2n) is 7.72. The van der Waals surface area contributed by atoms with Gasteiger partial charge in [-0.2, -0.15) is 0 Å². The minimum atomic E-state index is -0.252. The van der Waals surface area contributed by atoms with Gasteiger partial charge in [-0.1, -0.05) is 39.3 Å². The molecule has 122 valence electrons. The van der Waals surface area contributed by atoms with Crippen molar-refractivity contribution in [2.45, 2.75) is 65.2 Å². The SMILES string of the molecule is CC(=O)Oc1cc(C(CN)CC(C)(C)C)ccc1C1CCC1. The van der Waals surface area contributed by atoms with Crippen LogP contribution in [0.1, 0.15) is 76.3 Å². The minimum absolute atomic E-state index is 0.221. The number of rotatable bonds is 5. The highest BCUT2D eigenvalue weighted by molar-refractivity contribution is 5.70. The summed E-state index contributed by atoms with van der Waals surface area (Å²) in [5, 5.41) is 0. The number of carbonyl (C=O) groups excluding carboxylic acids is 1. The van der Waals surface area contributed by atoms with Crippen LogP contribution in [0.4, 0.5) is 0 Å². The monoisotopic (exact) mass is 303 g/mol. The van der Waals surface area contributed by atoms with Crippen LogP contribution in [0.3, 0.4) is 0 Å². The first-order valence-electron chi connectivity index (χ1n) is 8.32. The van der Waals surface area contributed by atoms with E-state index in [1.807, 2.05) is 6.07 Å². The molecule has 0 amide bonds. The summed E-state index contributed by atoms with van der Waals surface area (Å²) in [7, 11) is 0. The normalized spacial score (nSPS) is 17.0. The van der Waals surface area contributed by atoms with Crippen molar-refractivity contribution >= 4 is 5.97 Å². The molecule has 22 heavy (non-hydrogen) atoms. The molecule has 1 atom stereocenters. The van der Waals surface area contributed by atoms with Crippen molar-refractivity contribution in [3.05, 3.63) is 29.3 Å². The summed E-state index contributed by atoms with van der Waals surface area (Å²) >= 11 is 0. The molecule has 1 aliphatic rings. The lowest BCUT2D eigenvalue weighted by atomic mass is 9.77. The molecule has 1 fully saturated rings. The fourth-order valence-electron chi connectivity index (χ4n) is 3.18. The summed E-state index contributed by atoms with van der Waals surface area (Å²) in [6.45, 7) is 8.76. The summed E-state index contributed by atoms with van der Waals surface area (Å²) in [6, 6.07) is 6.35. The molecule has 0 aromatic heterocycles. The fraction of sp³-hybridized carbons (Fsp3) is 0.632. The van der Waals surface area contributed by atoms with Gasteiger partial charge in [0.05, 0.1) is 0 Å². The van der Waals surface area contributed by atoms with Crippen molar-refractivity contribution in [3.8, 4) is 5.75 Å². The summed E-state index contributed by atoms with van der Waals surface area (Å²) in [6.07, 6.45) is 4.67. The third-order valence-corrected chi connectivity index (χ3v) is 4.45. The highest BCUT2D eigenvalue weighted by Gasteiger charge is 2.25. The predicted octanol–water partition coefficient (Wildman–Crippen LogP) is 4.36. The van der Waals surface area contributed by atoms with E-state index in [1.54, 1.807) is 0 Å². The average molecular weight is 303 g/mol. The highest BCUT2D eigenvalue weighted by Crippen LogP contribution is 2.42. The van der Waals surface area contributed by atoms with Gasteiger partial charge in [-0.25, -0.2) is 0 Å². The first-order valence-corrected chi connectivity index (χ1v) is 8.32. The van der Waals surface area contributed by atoms with Gasteiger partial charge in [-0.15, -0.1) is 0 Å². The molecular weight excluding hydrogens is 274 g/mol. The van der Waals surface area contributed by atoms with Crippen molar-refractivity contribution in [2.75, 3.05) is 6.54 Å². The molecule has 0 radical (unpaired) electrons. The van der Waals surface area contributed by atoms with Crippen molar-refractivity contribution in [1.82, 2.24) is 0 Å². The van der Waals surface area contributed by atoms with Gasteiger partial charge in [0, 0.05) is 6.92 Å². The molecule has 0 spiro atoms. The van der Waals surface area contributed by atoms with E-state index in [2.05, 4.69) is 32.9 Å². The maximum atomic E-state index is 11.4. The van der Waals surface area contributed by atoms with E-state index in [-0.39, 0.29) is 11.4 Å². The Morgan fingerprint density at radius 2 is 2.05 bits per heavy atom. The number of benzene rings is 1. The Balaban J connectivity index is 2.29. The van der Waals surface area contributed by atoms with Gasteiger partial charge in [-0.05, 0) is 60.3 Å². The number of carbonyl (C=O) groups is 1. The first kappa shape index (κ1) is 17.0. The Kier molecular flexibility index (Phi) is 5.28. The molecule has 1 unspecified atom stereocenters. The predicted molar refractivity (Wildman–Crippen MR) is 90.2 cm³/mol. The van der Waals surface area contributed by atoms with E-state index in [9.17, 15) is 4.79 Å². The zero-order chi connectivity index (χ0) is 16.3. The van der Waals surface area contributed by atoms with Crippen molar-refractivity contribution in [1.29, 1.82) is 0 Å². The van der Waals surface area contributed by atoms with Crippen LogP contribution in [0, 0.1) is 5.41 Å². The zero-order valence-electron chi connectivity index (χ0n) is 14.3. The van der Waals surface area contributed by atoms with Gasteiger partial charge in [0.15, 0.2) is 0 Å². The third kappa shape index (κ3) is 4.33. The van der Waals surface area contributed by atoms with Crippen LogP contribution in [0.15, 0.2) is 18.2 Å². The molecule has 0 heterocycles. The van der Waals surface area contributed by atoms with Gasteiger partial charge in [0.1, 0.15) is 5.75 Å². The lowest BCUT2D eigenvalue weighted by Crippen LogP contribution is -2.20. The number of hydrogen-bond donors (Lipinski definition) is 1. The summed E-state index contributed by atoms with van der Waals surface area (Å²) < 4.78 is 5.49. The molecule has 2 rings (SSSR count). The van der Waals surface area contributed by atoms with Gasteiger partial charge >= 0.3 is 5.97 Å². The van der Waals surface area contributed by atoms with Crippen LogP contribution >= 0.6 is 0 Å². The highest BCUT2D eigenvalue weighted by atomic mass is 16.5. The number of hydrogen-bond acceptors (Lipinski definition) is 3. The average Bonchev–Trinajstić information content (AvgIpc) is 2.34. The van der Waals surface area contributed by atoms with Gasteiger partial charge in [-0.3, -0.25) is 4.79 Å². The van der Waals surface area contributed by atoms with Crippen LogP contribution in [0.5, 0.6) is 5.75 Å². The van der Waals surface area contributed by atoms with Gasteiger partial charge < -0.3 is 10.5 Å². The smallest absolute Gasteiger partial charge is 0.308 e. The van der Waals surface area contributed by atoms with Crippen LogP contribution in [-0.4, -0.2) is 12.5 Å². The van der Waals surface area contributed by atoms with E-state index >= 15 is 0 Å². The third-order valence-electron chi connectivity index (χ3n) is 4.45. The summed E-state index contributed by atoms with van der Waals surface area (Å²) in [5.74, 6) is 1.33. The summed E-state index contributed by atoms with van der Waals surface area (Å²) in [5.41, 5.74) is 8.57. The Morgan fingerprint density at radius 1 is 1.36 bits per heavy atom. The number of esters is 1. The van der Waals surface area contributed by atoms with Crippen molar-refractivity contribution in [3.63, 3.8) is 0 Å². The molecule has 0 saturated heterocycles. The fourth-order valence-corrected chi connectivity index (χ4v) is 3.18. The second-order valence-corrected chi connectivity index (χ2v) is 7.72. The van der Waals surface area contributed by atoms with Crippen LogP contribution in [0.2, 0.25) is 0 Å². The zero-order valence-corrected chi connectivity index (χ0v) is 14.3. The van der Waals surface area contributed by atoms with E-state index in [0.717, 1.165) is 12.2 Å². The van der Waals surface area contributed by atoms with Gasteiger partial charge in [0.25, 0.3) is 0 Å². The second kappa shape index (κ2) is 6.82. The Hall–Kier alpha value is -1.35. The molecule has 0 bridgehead atoms. The maximum absolute atomic E-state index is 11.4. The standard InChI is InChI=1S/C19H29NO2/c1-13(21)22-18-10-15(16(12-20)11-19(2,3)4)8-9-17(18)14-6-5-7-14/h8-10,14,16H,5-7,11-12,20H2,1-4H3. The van der Waals surface area contributed by atoms with E-state index < -0.39 is 0 Å². The Morgan fingerprint density at radius 3 is 2.50 bits per heavy atom. The Labute approximate surface area is 134 Å². The lowest BCUT2D eigenvalue weighted by Gasteiger charge is -2.29. The molecule has 1 aliphatic carbocycles. The topological polar surface area (TPSA) is 52.3 Å². The molecular formula is C19H29NO2. The van der Waals surface area contributed by atoms with Crippen LogP contribution < -0.4 is 10.5 Å². The molecule has 0 aliphatic heterocycles. The molecule has 3 nitrogen and oxygen atoms in total. The molecule has 3 heteroatoms. The van der Waals surface area contributed by atoms with Gasteiger partial charge in [0.2, 0.25) is 0 Å². The minimum Gasteiger partial charge on any atom is -0.426 e. The molecule has 2 N–H and O–H groups in total. The largest absolute Gasteiger partial charge is 0.426 e. The molecule has 1 aromatic carbocycles. The quantitative estimate of drug-likeness (QED) is 0.649. The number of ether oxygens (including phenoxy) is 1.